The van der Waals surface area contributed by atoms with E-state index in [4.69, 9.17) is 11.5 Å². The molecule has 0 saturated carbocycles. The van der Waals surface area contributed by atoms with E-state index in [1.807, 2.05) is 0 Å². The summed E-state index contributed by atoms with van der Waals surface area (Å²) in [6.07, 6.45) is 0.492. The van der Waals surface area contributed by atoms with Crippen molar-refractivity contribution < 1.29 is 78.2 Å². The third kappa shape index (κ3) is 9.64. The van der Waals surface area contributed by atoms with Gasteiger partial charge in [-0.3, -0.25) is 4.57 Å². The maximum absolute atomic E-state index is 11.3. The number of hydrogen-bond donors (Lipinski definition) is 2. The molecule has 1 aromatic rings. The molecular formula is C8H13N4Na2O5P. The second kappa shape index (κ2) is 10.5. The molecule has 0 aliphatic heterocycles. The van der Waals surface area contributed by atoms with Crippen LogP contribution in [0.2, 0.25) is 0 Å². The molecule has 9 nitrogen and oxygen atoms in total. The average molecular weight is 322 g/mol. The second-order valence-electron chi connectivity index (χ2n) is 3.66. The molecular weight excluding hydrogens is 309 g/mol. The molecule has 1 rings (SSSR count). The van der Waals surface area contributed by atoms with Gasteiger partial charge < -0.3 is 30.6 Å². The molecule has 4 N–H and O–H groups in total. The van der Waals surface area contributed by atoms with E-state index in [1.54, 1.807) is 0 Å². The van der Waals surface area contributed by atoms with E-state index in [2.05, 4.69) is 9.72 Å². The summed E-state index contributed by atoms with van der Waals surface area (Å²) >= 11 is 0. The van der Waals surface area contributed by atoms with Gasteiger partial charge in [0.15, 0.2) is 0 Å². The van der Waals surface area contributed by atoms with E-state index >= 15 is 0 Å². The van der Waals surface area contributed by atoms with Crippen LogP contribution in [-0.2, 0) is 15.8 Å². The number of nitrogens with zero attached hydrogens (tertiary/aromatic N) is 2. The van der Waals surface area contributed by atoms with Crippen LogP contribution in [0.3, 0.4) is 0 Å². The van der Waals surface area contributed by atoms with E-state index < -0.39 is 25.7 Å². The van der Waals surface area contributed by atoms with Crippen molar-refractivity contribution in [1.29, 1.82) is 0 Å². The van der Waals surface area contributed by atoms with Gasteiger partial charge in [-0.05, 0) is 13.7 Å². The van der Waals surface area contributed by atoms with Crippen molar-refractivity contribution in [3.63, 3.8) is 0 Å². The summed E-state index contributed by atoms with van der Waals surface area (Å²) in [5, 5.41) is 0. The SMILES string of the molecule is Nc1ccn(CC(N)COCP(=O)([O-])[O-])c(=O)n1.[Na+].[Na+]. The van der Waals surface area contributed by atoms with E-state index in [9.17, 15) is 19.1 Å². The minimum atomic E-state index is -4.70. The van der Waals surface area contributed by atoms with Crippen molar-refractivity contribution in [3.05, 3.63) is 22.7 Å². The van der Waals surface area contributed by atoms with E-state index in [0.717, 1.165) is 0 Å². The smallest absolute Gasteiger partial charge is 0.809 e. The first-order valence-electron chi connectivity index (χ1n) is 4.95. The molecule has 0 radical (unpaired) electrons. The molecule has 20 heavy (non-hydrogen) atoms. The van der Waals surface area contributed by atoms with Crippen molar-refractivity contribution >= 4 is 13.4 Å². The molecule has 0 amide bonds. The van der Waals surface area contributed by atoms with Gasteiger partial charge in [0, 0.05) is 18.8 Å². The van der Waals surface area contributed by atoms with Gasteiger partial charge in [-0.1, -0.05) is 0 Å². The number of anilines is 1. The average Bonchev–Trinajstić information content (AvgIpc) is 2.20. The summed E-state index contributed by atoms with van der Waals surface area (Å²) < 4.78 is 16.1. The van der Waals surface area contributed by atoms with Crippen LogP contribution in [0, 0.1) is 0 Å². The van der Waals surface area contributed by atoms with Crippen LogP contribution >= 0.6 is 7.60 Å². The Morgan fingerprint density at radius 2 is 2.05 bits per heavy atom. The summed E-state index contributed by atoms with van der Waals surface area (Å²) in [6, 6.07) is 0.790. The number of hydrogen-bond acceptors (Lipinski definition) is 8. The van der Waals surface area contributed by atoms with Crippen LogP contribution in [0.1, 0.15) is 0 Å². The molecule has 0 aliphatic carbocycles. The molecule has 0 saturated heterocycles. The monoisotopic (exact) mass is 322 g/mol. The zero-order valence-corrected chi connectivity index (χ0v) is 16.3. The summed E-state index contributed by atoms with van der Waals surface area (Å²) in [5.41, 5.74) is 10.3. The Labute approximate surface area is 159 Å². The van der Waals surface area contributed by atoms with E-state index in [0.29, 0.717) is 0 Å². The number of nitrogen functional groups attached to an aromatic ring is 1. The molecule has 0 aliphatic rings. The number of ether oxygens (including phenoxy) is 1. The van der Waals surface area contributed by atoms with Gasteiger partial charge in [-0.2, -0.15) is 4.98 Å². The molecule has 1 unspecified atom stereocenters. The van der Waals surface area contributed by atoms with Crippen LogP contribution in [0.15, 0.2) is 17.1 Å². The van der Waals surface area contributed by atoms with Crippen LogP contribution in [0.4, 0.5) is 5.82 Å². The van der Waals surface area contributed by atoms with Crippen molar-refractivity contribution in [2.45, 2.75) is 12.6 Å². The van der Waals surface area contributed by atoms with Crippen molar-refractivity contribution in [2.24, 2.45) is 5.73 Å². The van der Waals surface area contributed by atoms with Gasteiger partial charge >= 0.3 is 64.8 Å². The fourth-order valence-corrected chi connectivity index (χ4v) is 1.53. The Hall–Kier alpha value is 0.750. The Balaban J connectivity index is 0. The molecule has 12 heteroatoms. The Morgan fingerprint density at radius 1 is 1.45 bits per heavy atom. The Morgan fingerprint density at radius 3 is 2.55 bits per heavy atom. The van der Waals surface area contributed by atoms with Gasteiger partial charge in [0.25, 0.3) is 0 Å². The van der Waals surface area contributed by atoms with E-state index in [-0.39, 0.29) is 78.1 Å². The molecule has 1 atom stereocenters. The topological polar surface area (TPSA) is 159 Å². The van der Waals surface area contributed by atoms with Gasteiger partial charge in [-0.25, -0.2) is 4.79 Å². The third-order valence-corrected chi connectivity index (χ3v) is 2.41. The summed E-state index contributed by atoms with van der Waals surface area (Å²) in [5.74, 6) is 0.0970. The summed E-state index contributed by atoms with van der Waals surface area (Å²) in [7, 11) is -4.70. The predicted octanol–water partition coefficient (Wildman–Crippen LogP) is -8.95. The minimum Gasteiger partial charge on any atom is -0.809 e. The normalized spacial score (nSPS) is 12.2. The van der Waals surface area contributed by atoms with E-state index in [1.165, 1.54) is 16.8 Å². The zero-order chi connectivity index (χ0) is 13.8. The quantitative estimate of drug-likeness (QED) is 0.386. The molecule has 0 fully saturated rings. The number of rotatable bonds is 6. The first-order valence-corrected chi connectivity index (χ1v) is 6.68. The van der Waals surface area contributed by atoms with Crippen molar-refractivity contribution in [3.8, 4) is 0 Å². The predicted molar refractivity (Wildman–Crippen MR) is 59.3 cm³/mol. The summed E-state index contributed by atoms with van der Waals surface area (Å²) in [6.45, 7) is -0.0839. The largest absolute Gasteiger partial charge is 1.00 e. The fraction of sp³-hybridized carbons (Fsp3) is 0.500. The second-order valence-corrected chi connectivity index (χ2v) is 5.14. The zero-order valence-electron chi connectivity index (χ0n) is 11.4. The maximum Gasteiger partial charge on any atom is 1.00 e. The molecule has 0 aromatic carbocycles. The van der Waals surface area contributed by atoms with Gasteiger partial charge in [-0.15, -0.1) is 0 Å². The van der Waals surface area contributed by atoms with Crippen LogP contribution in [0.25, 0.3) is 0 Å². The van der Waals surface area contributed by atoms with Crippen molar-refractivity contribution in [1.82, 2.24) is 9.55 Å². The molecule has 1 aromatic heterocycles. The van der Waals surface area contributed by atoms with Gasteiger partial charge in [0.2, 0.25) is 0 Å². The van der Waals surface area contributed by atoms with Crippen LogP contribution in [-0.4, -0.2) is 28.5 Å². The molecule has 0 bridgehead atoms. The van der Waals surface area contributed by atoms with Crippen molar-refractivity contribution in [2.75, 3.05) is 18.7 Å². The van der Waals surface area contributed by atoms with Crippen LogP contribution in [0.5, 0.6) is 0 Å². The fourth-order valence-electron chi connectivity index (χ4n) is 1.20. The van der Waals surface area contributed by atoms with Gasteiger partial charge in [0.05, 0.1) is 13.0 Å². The van der Waals surface area contributed by atoms with Crippen LogP contribution < -0.4 is 86.1 Å². The first-order chi connectivity index (χ1) is 8.28. The third-order valence-electron chi connectivity index (χ3n) is 1.91. The molecule has 102 valence electrons. The Bertz CT molecular complexity index is 508. The molecule has 0 spiro atoms. The Kier molecular flexibility index (Phi) is 12.1. The standard InChI is InChI=1S/C8H15N4O5P.2Na/c9-6(4-17-5-18(14,15)16)3-12-2-1-7(10)11-8(12)13;;/h1-2,6H,3-5,9H2,(H2,10,11,13)(H2,14,15,16);;/q;2*+1/p-2. The first kappa shape index (κ1) is 23.0. The minimum absolute atomic E-state index is 0. The summed E-state index contributed by atoms with van der Waals surface area (Å²) in [4.78, 5) is 35.4. The molecule has 1 heterocycles. The number of aromatic nitrogens is 2. The number of nitrogens with two attached hydrogens (primary N) is 2. The van der Waals surface area contributed by atoms with Gasteiger partial charge in [0.1, 0.15) is 5.82 Å². The maximum atomic E-state index is 11.3.